The summed E-state index contributed by atoms with van der Waals surface area (Å²) in [5, 5.41) is 7.07. The third-order valence-electron chi connectivity index (χ3n) is 1.74. The summed E-state index contributed by atoms with van der Waals surface area (Å²) in [4.78, 5) is 8.10. The Morgan fingerprint density at radius 1 is 1.57 bits per heavy atom. The topological polar surface area (TPSA) is 61.7 Å². The highest BCUT2D eigenvalue weighted by molar-refractivity contribution is 5.84. The molecule has 0 amide bonds. The van der Waals surface area contributed by atoms with Crippen LogP contribution in [0.5, 0.6) is 0 Å². The zero-order chi connectivity index (χ0) is 9.64. The Kier molecular flexibility index (Phi) is 2.70. The van der Waals surface area contributed by atoms with Crippen LogP contribution in [0.25, 0.3) is 0 Å². The molecule has 0 radical (unpaired) electrons. The molecule has 2 N–H and O–H groups in total. The number of aromatic nitrogens is 1. The van der Waals surface area contributed by atoms with E-state index in [1.165, 1.54) is 0 Å². The fourth-order valence-electron chi connectivity index (χ4n) is 1.09. The van der Waals surface area contributed by atoms with Crippen molar-refractivity contribution in [1.29, 1.82) is 0 Å². The number of nitrogens with zero attached hydrogens (tertiary/aromatic N) is 3. The molecule has 2 rings (SSSR count). The highest BCUT2D eigenvalue weighted by atomic mass is 15.4. The molecule has 5 nitrogen and oxygen atoms in total. The minimum absolute atomic E-state index is 0.727. The fraction of sp³-hybridized carbons (Fsp3) is 0.222. The van der Waals surface area contributed by atoms with Crippen molar-refractivity contribution in [2.24, 2.45) is 10.1 Å². The lowest BCUT2D eigenvalue weighted by Crippen LogP contribution is -2.30. The first-order valence-electron chi connectivity index (χ1n) is 4.42. The summed E-state index contributed by atoms with van der Waals surface area (Å²) in [5.74, 6) is 0.727. The molecule has 0 unspecified atom stereocenters. The molecule has 72 valence electrons. The Bertz CT molecular complexity index is 343. The molecule has 1 aromatic rings. The van der Waals surface area contributed by atoms with E-state index in [2.05, 4.69) is 25.8 Å². The summed E-state index contributed by atoms with van der Waals surface area (Å²) in [6, 6.07) is 3.80. The number of rotatable bonds is 2. The van der Waals surface area contributed by atoms with E-state index in [1.54, 1.807) is 18.6 Å². The lowest BCUT2D eigenvalue weighted by Gasteiger charge is -1.98. The van der Waals surface area contributed by atoms with Gasteiger partial charge < -0.3 is 5.32 Å². The number of hydrogen-bond donors (Lipinski definition) is 2. The minimum atomic E-state index is 0.727. The molecule has 0 atom stereocenters. The van der Waals surface area contributed by atoms with Crippen molar-refractivity contribution >= 4 is 12.2 Å². The van der Waals surface area contributed by atoms with Crippen molar-refractivity contribution in [1.82, 2.24) is 15.7 Å². The average molecular weight is 189 g/mol. The van der Waals surface area contributed by atoms with Crippen LogP contribution in [0.15, 0.2) is 34.6 Å². The van der Waals surface area contributed by atoms with Crippen LogP contribution in [-0.2, 0) is 0 Å². The predicted molar refractivity (Wildman–Crippen MR) is 55.3 cm³/mol. The van der Waals surface area contributed by atoms with Gasteiger partial charge in [-0.1, -0.05) is 6.07 Å². The molecule has 0 spiro atoms. The van der Waals surface area contributed by atoms with E-state index in [-0.39, 0.29) is 0 Å². The molecule has 2 heterocycles. The number of hydrazone groups is 1. The number of pyridine rings is 1. The standard InChI is InChI=1S/C9H11N5/c1-2-8(6-10-3-1)7-13-14-9-11-4-5-12-9/h1-3,6-7H,4-5H2,(H2,11,12,14). The Morgan fingerprint density at radius 2 is 2.57 bits per heavy atom. The van der Waals surface area contributed by atoms with E-state index in [1.807, 2.05) is 12.1 Å². The van der Waals surface area contributed by atoms with Crippen LogP contribution >= 0.6 is 0 Å². The van der Waals surface area contributed by atoms with Crippen LogP contribution in [0.1, 0.15) is 5.56 Å². The number of nitrogens with one attached hydrogen (secondary N) is 2. The van der Waals surface area contributed by atoms with Crippen LogP contribution < -0.4 is 10.7 Å². The third-order valence-corrected chi connectivity index (χ3v) is 1.74. The highest BCUT2D eigenvalue weighted by Gasteiger charge is 2.00. The molecule has 0 aromatic carbocycles. The first kappa shape index (κ1) is 8.68. The molecule has 1 aromatic heterocycles. The summed E-state index contributed by atoms with van der Waals surface area (Å²) in [6.07, 6.45) is 5.18. The quantitative estimate of drug-likeness (QED) is 0.507. The van der Waals surface area contributed by atoms with E-state index in [4.69, 9.17) is 0 Å². The Balaban J connectivity index is 1.88. The van der Waals surface area contributed by atoms with E-state index in [0.29, 0.717) is 0 Å². The molecule has 0 fully saturated rings. The van der Waals surface area contributed by atoms with Gasteiger partial charge in [0.05, 0.1) is 12.8 Å². The van der Waals surface area contributed by atoms with E-state index in [9.17, 15) is 0 Å². The molecular formula is C9H11N5. The van der Waals surface area contributed by atoms with Crippen molar-refractivity contribution in [3.8, 4) is 0 Å². The Labute approximate surface area is 82.0 Å². The number of aliphatic imine (C=N–C) groups is 1. The van der Waals surface area contributed by atoms with Crippen molar-refractivity contribution in [2.45, 2.75) is 0 Å². The molecule has 1 aliphatic rings. The maximum Gasteiger partial charge on any atom is 0.212 e. The van der Waals surface area contributed by atoms with Crippen LogP contribution in [0, 0.1) is 0 Å². The van der Waals surface area contributed by atoms with Gasteiger partial charge in [-0.25, -0.2) is 10.4 Å². The molecule has 0 bridgehead atoms. The normalized spacial score (nSPS) is 15.3. The van der Waals surface area contributed by atoms with Gasteiger partial charge in [0, 0.05) is 24.5 Å². The zero-order valence-corrected chi connectivity index (χ0v) is 7.64. The van der Waals surface area contributed by atoms with Gasteiger partial charge >= 0.3 is 0 Å². The van der Waals surface area contributed by atoms with Gasteiger partial charge in [0.2, 0.25) is 5.96 Å². The molecule has 5 heteroatoms. The van der Waals surface area contributed by atoms with Crippen molar-refractivity contribution in [3.63, 3.8) is 0 Å². The Hall–Kier alpha value is -1.91. The van der Waals surface area contributed by atoms with Crippen molar-refractivity contribution in [3.05, 3.63) is 30.1 Å². The molecule has 0 saturated carbocycles. The van der Waals surface area contributed by atoms with Gasteiger partial charge in [0.1, 0.15) is 0 Å². The molecule has 0 aliphatic carbocycles. The van der Waals surface area contributed by atoms with Crippen molar-refractivity contribution in [2.75, 3.05) is 13.1 Å². The van der Waals surface area contributed by atoms with Gasteiger partial charge in [0.25, 0.3) is 0 Å². The van der Waals surface area contributed by atoms with Gasteiger partial charge in [-0.15, -0.1) is 0 Å². The first-order chi connectivity index (χ1) is 6.95. The number of hydrogen-bond acceptors (Lipinski definition) is 5. The third kappa shape index (κ3) is 2.29. The molecule has 14 heavy (non-hydrogen) atoms. The van der Waals surface area contributed by atoms with Gasteiger partial charge in [-0.05, 0) is 6.07 Å². The van der Waals surface area contributed by atoms with E-state index >= 15 is 0 Å². The van der Waals surface area contributed by atoms with Gasteiger partial charge in [-0.2, -0.15) is 5.10 Å². The maximum absolute atomic E-state index is 4.13. The monoisotopic (exact) mass is 189 g/mol. The molecule has 1 aliphatic heterocycles. The molecule has 0 saturated heterocycles. The smallest absolute Gasteiger partial charge is 0.212 e. The van der Waals surface area contributed by atoms with Gasteiger partial charge in [-0.3, -0.25) is 4.98 Å². The van der Waals surface area contributed by atoms with Crippen LogP contribution in [0.4, 0.5) is 0 Å². The second kappa shape index (κ2) is 4.36. The predicted octanol–water partition coefficient (Wildman–Crippen LogP) is -0.0357. The average Bonchev–Trinajstić information content (AvgIpc) is 2.72. The SMILES string of the molecule is C(=NNC1=NCCN1)c1cccnc1. The van der Waals surface area contributed by atoms with E-state index in [0.717, 1.165) is 24.6 Å². The second-order valence-electron chi connectivity index (χ2n) is 2.81. The largest absolute Gasteiger partial charge is 0.353 e. The van der Waals surface area contributed by atoms with Gasteiger partial charge in [0.15, 0.2) is 0 Å². The maximum atomic E-state index is 4.13. The fourth-order valence-corrected chi connectivity index (χ4v) is 1.09. The minimum Gasteiger partial charge on any atom is -0.353 e. The first-order valence-corrected chi connectivity index (χ1v) is 4.42. The summed E-state index contributed by atoms with van der Waals surface area (Å²) in [5.41, 5.74) is 3.77. The summed E-state index contributed by atoms with van der Waals surface area (Å²) >= 11 is 0. The highest BCUT2D eigenvalue weighted by Crippen LogP contribution is 1.89. The lowest BCUT2D eigenvalue weighted by atomic mass is 10.3. The molecular weight excluding hydrogens is 178 g/mol. The van der Waals surface area contributed by atoms with Crippen LogP contribution in [0.3, 0.4) is 0 Å². The summed E-state index contributed by atoms with van der Waals surface area (Å²) in [7, 11) is 0. The zero-order valence-electron chi connectivity index (χ0n) is 7.64. The van der Waals surface area contributed by atoms with Crippen molar-refractivity contribution < 1.29 is 0 Å². The van der Waals surface area contributed by atoms with E-state index < -0.39 is 0 Å². The summed E-state index contributed by atoms with van der Waals surface area (Å²) in [6.45, 7) is 1.69. The van der Waals surface area contributed by atoms with Crippen LogP contribution in [0.2, 0.25) is 0 Å². The summed E-state index contributed by atoms with van der Waals surface area (Å²) < 4.78 is 0. The number of guanidine groups is 1. The second-order valence-corrected chi connectivity index (χ2v) is 2.81. The Morgan fingerprint density at radius 3 is 3.29 bits per heavy atom. The lowest BCUT2D eigenvalue weighted by molar-refractivity contribution is 0.919. The van der Waals surface area contributed by atoms with Crippen LogP contribution in [-0.4, -0.2) is 30.2 Å².